The van der Waals surface area contributed by atoms with Crippen LogP contribution in [0.15, 0.2) is 36.7 Å². The summed E-state index contributed by atoms with van der Waals surface area (Å²) in [5, 5.41) is 4.69. The van der Waals surface area contributed by atoms with E-state index in [9.17, 15) is 0 Å². The summed E-state index contributed by atoms with van der Waals surface area (Å²) in [6, 6.07) is 10.5. The zero-order valence-electron chi connectivity index (χ0n) is 17.0. The third-order valence-corrected chi connectivity index (χ3v) is 6.66. The number of fused-ring (bicyclic) bond motifs is 5. The number of pyridine rings is 1. The molecule has 6 heteroatoms. The van der Waals surface area contributed by atoms with Crippen LogP contribution in [-0.4, -0.2) is 27.1 Å². The van der Waals surface area contributed by atoms with Crippen LogP contribution < -0.4 is 5.32 Å². The van der Waals surface area contributed by atoms with Gasteiger partial charge in [0.05, 0.1) is 22.4 Å². The zero-order valence-corrected chi connectivity index (χ0v) is 17.8. The highest BCUT2D eigenvalue weighted by molar-refractivity contribution is 7.26. The first-order chi connectivity index (χ1) is 14.0. The quantitative estimate of drug-likeness (QED) is 0.515. The monoisotopic (exact) mass is 404 g/mol. The molecule has 0 radical (unpaired) electrons. The van der Waals surface area contributed by atoms with Crippen molar-refractivity contribution < 1.29 is 4.74 Å². The highest BCUT2D eigenvalue weighted by Crippen LogP contribution is 2.41. The summed E-state index contributed by atoms with van der Waals surface area (Å²) >= 11 is 1.68. The fourth-order valence-corrected chi connectivity index (χ4v) is 5.23. The lowest BCUT2D eigenvalue weighted by molar-refractivity contribution is -0.0400. The van der Waals surface area contributed by atoms with E-state index in [1.54, 1.807) is 17.7 Å². The zero-order chi connectivity index (χ0) is 20.0. The Morgan fingerprint density at radius 1 is 1.14 bits per heavy atom. The van der Waals surface area contributed by atoms with E-state index < -0.39 is 0 Å². The molecule has 0 atom stereocenters. The molecule has 1 aromatic carbocycles. The van der Waals surface area contributed by atoms with Crippen molar-refractivity contribution in [2.24, 2.45) is 0 Å². The van der Waals surface area contributed by atoms with Crippen LogP contribution in [0.4, 0.5) is 5.82 Å². The molecule has 1 aliphatic heterocycles. The van der Waals surface area contributed by atoms with Gasteiger partial charge in [0, 0.05) is 29.6 Å². The minimum atomic E-state index is -0.175. The van der Waals surface area contributed by atoms with Gasteiger partial charge < -0.3 is 10.1 Å². The number of hydrogen-bond donors (Lipinski definition) is 1. The molecule has 5 rings (SSSR count). The molecule has 0 fully saturated rings. The van der Waals surface area contributed by atoms with E-state index in [-0.39, 0.29) is 5.60 Å². The molecule has 0 unspecified atom stereocenters. The normalized spacial score (nSPS) is 15.6. The Morgan fingerprint density at radius 2 is 1.97 bits per heavy atom. The number of aromatic nitrogens is 3. The lowest BCUT2D eigenvalue weighted by Gasteiger charge is -2.32. The number of aryl methyl sites for hydroxylation is 1. The maximum atomic E-state index is 6.05. The molecule has 3 aromatic heterocycles. The van der Waals surface area contributed by atoms with Gasteiger partial charge in [-0.1, -0.05) is 30.3 Å². The molecule has 5 nitrogen and oxygen atoms in total. The van der Waals surface area contributed by atoms with Gasteiger partial charge in [-0.3, -0.25) is 0 Å². The number of nitrogens with zero attached hydrogens (tertiary/aromatic N) is 3. The summed E-state index contributed by atoms with van der Waals surface area (Å²) in [6.07, 6.45) is 3.49. The Labute approximate surface area is 174 Å². The molecule has 29 heavy (non-hydrogen) atoms. The summed E-state index contributed by atoms with van der Waals surface area (Å²) in [4.78, 5) is 15.1. The second kappa shape index (κ2) is 7.04. The highest BCUT2D eigenvalue weighted by atomic mass is 32.1. The summed E-state index contributed by atoms with van der Waals surface area (Å²) in [7, 11) is 0. The van der Waals surface area contributed by atoms with Crippen LogP contribution in [0.5, 0.6) is 0 Å². The van der Waals surface area contributed by atoms with Crippen molar-refractivity contribution in [2.75, 3.05) is 11.9 Å². The maximum absolute atomic E-state index is 6.05. The first kappa shape index (κ1) is 18.5. The molecule has 4 heterocycles. The van der Waals surface area contributed by atoms with Crippen molar-refractivity contribution in [1.82, 2.24) is 15.0 Å². The third-order valence-electron chi connectivity index (χ3n) is 5.58. The SMILES string of the molecule is Cc1nc2sc3c(NCCc4ccccc4)ncnc3c2c2c1COC(C)(C)C2. The van der Waals surface area contributed by atoms with Crippen molar-refractivity contribution in [1.29, 1.82) is 0 Å². The van der Waals surface area contributed by atoms with Crippen LogP contribution in [0.2, 0.25) is 0 Å². The molecule has 0 spiro atoms. The second-order valence-corrected chi connectivity index (χ2v) is 9.22. The van der Waals surface area contributed by atoms with Gasteiger partial charge >= 0.3 is 0 Å². The highest BCUT2D eigenvalue weighted by Gasteiger charge is 2.30. The Balaban J connectivity index is 1.55. The first-order valence-corrected chi connectivity index (χ1v) is 10.8. The van der Waals surface area contributed by atoms with Crippen molar-refractivity contribution in [2.45, 2.75) is 45.8 Å². The average Bonchev–Trinajstić information content (AvgIpc) is 3.07. The van der Waals surface area contributed by atoms with Crippen LogP contribution >= 0.6 is 11.3 Å². The van der Waals surface area contributed by atoms with E-state index >= 15 is 0 Å². The second-order valence-electron chi connectivity index (χ2n) is 8.22. The molecule has 0 amide bonds. The molecule has 1 aliphatic rings. The predicted molar refractivity (Wildman–Crippen MR) is 119 cm³/mol. The van der Waals surface area contributed by atoms with Crippen LogP contribution in [0.1, 0.15) is 36.2 Å². The fraction of sp³-hybridized carbons (Fsp3) is 0.348. The molecule has 0 bridgehead atoms. The van der Waals surface area contributed by atoms with Gasteiger partial charge in [-0.25, -0.2) is 15.0 Å². The standard InChI is InChI=1S/C23H24N4OS/c1-14-17-12-28-23(2,3)11-16(17)18-19-20(29-22(18)27-14)21(26-13-25-19)24-10-9-15-7-5-4-6-8-15/h4-8,13H,9-12H2,1-3H3,(H,24,25,26). The minimum Gasteiger partial charge on any atom is -0.370 e. The van der Waals surface area contributed by atoms with Gasteiger partial charge in [-0.2, -0.15) is 0 Å². The van der Waals surface area contributed by atoms with Crippen LogP contribution in [0, 0.1) is 6.92 Å². The molecule has 1 N–H and O–H groups in total. The lowest BCUT2D eigenvalue weighted by Crippen LogP contribution is -2.32. The number of benzene rings is 1. The smallest absolute Gasteiger partial charge is 0.147 e. The average molecular weight is 405 g/mol. The largest absolute Gasteiger partial charge is 0.370 e. The van der Waals surface area contributed by atoms with Crippen molar-refractivity contribution in [3.63, 3.8) is 0 Å². The van der Waals surface area contributed by atoms with E-state index in [4.69, 9.17) is 9.72 Å². The molecular weight excluding hydrogens is 380 g/mol. The van der Waals surface area contributed by atoms with E-state index in [0.717, 1.165) is 45.9 Å². The Morgan fingerprint density at radius 3 is 2.79 bits per heavy atom. The number of hydrogen-bond acceptors (Lipinski definition) is 6. The number of nitrogens with one attached hydrogen (secondary N) is 1. The number of thiophene rings is 1. The summed E-state index contributed by atoms with van der Waals surface area (Å²) < 4.78 is 7.13. The summed E-state index contributed by atoms with van der Waals surface area (Å²) in [5.74, 6) is 0.895. The predicted octanol–water partition coefficient (Wildman–Crippen LogP) is 5.05. The Bertz CT molecular complexity index is 1200. The van der Waals surface area contributed by atoms with Crippen molar-refractivity contribution >= 4 is 37.6 Å². The topological polar surface area (TPSA) is 59.9 Å². The molecule has 148 valence electrons. The van der Waals surface area contributed by atoms with Crippen molar-refractivity contribution in [3.8, 4) is 0 Å². The Kier molecular flexibility index (Phi) is 4.48. The molecule has 0 saturated carbocycles. The van der Waals surface area contributed by atoms with Crippen LogP contribution in [0.3, 0.4) is 0 Å². The maximum Gasteiger partial charge on any atom is 0.147 e. The number of ether oxygens (including phenoxy) is 1. The van der Waals surface area contributed by atoms with Crippen LogP contribution in [-0.2, 0) is 24.2 Å². The molecule has 0 saturated heterocycles. The summed E-state index contributed by atoms with van der Waals surface area (Å²) in [5.41, 5.74) is 5.75. The Hall–Kier alpha value is -2.57. The van der Waals surface area contributed by atoms with E-state index in [1.807, 2.05) is 6.07 Å². The van der Waals surface area contributed by atoms with Gasteiger partial charge in [-0.05, 0) is 38.3 Å². The van der Waals surface area contributed by atoms with Crippen molar-refractivity contribution in [3.05, 3.63) is 59.0 Å². The van der Waals surface area contributed by atoms with Gasteiger partial charge in [0.1, 0.15) is 17.0 Å². The van der Waals surface area contributed by atoms with Gasteiger partial charge in [0.2, 0.25) is 0 Å². The molecule has 0 aliphatic carbocycles. The number of anilines is 1. The van der Waals surface area contributed by atoms with E-state index in [2.05, 4.69) is 60.3 Å². The number of rotatable bonds is 4. The van der Waals surface area contributed by atoms with Crippen LogP contribution in [0.25, 0.3) is 20.4 Å². The minimum absolute atomic E-state index is 0.175. The third kappa shape index (κ3) is 3.36. The van der Waals surface area contributed by atoms with E-state index in [1.165, 1.54) is 22.1 Å². The lowest BCUT2D eigenvalue weighted by atomic mass is 9.89. The first-order valence-electron chi connectivity index (χ1n) is 9.99. The van der Waals surface area contributed by atoms with E-state index in [0.29, 0.717) is 6.61 Å². The fourth-order valence-electron chi connectivity index (χ4n) is 4.06. The van der Waals surface area contributed by atoms with Gasteiger partial charge in [-0.15, -0.1) is 11.3 Å². The molecular formula is C23H24N4OS. The molecule has 4 aromatic rings. The van der Waals surface area contributed by atoms with Gasteiger partial charge in [0.15, 0.2) is 0 Å². The van der Waals surface area contributed by atoms with Gasteiger partial charge in [0.25, 0.3) is 0 Å². The summed E-state index contributed by atoms with van der Waals surface area (Å²) in [6.45, 7) is 7.82.